The van der Waals surface area contributed by atoms with Gasteiger partial charge >= 0.3 is 0 Å². The molecule has 0 amide bonds. The first-order chi connectivity index (χ1) is 10.6. The van der Waals surface area contributed by atoms with E-state index in [4.69, 9.17) is 4.74 Å². The maximum absolute atomic E-state index is 12.8. The number of sulfonamides is 1. The van der Waals surface area contributed by atoms with E-state index in [9.17, 15) is 12.8 Å². The van der Waals surface area contributed by atoms with Crippen LogP contribution in [0.25, 0.3) is 0 Å². The first-order valence-electron chi connectivity index (χ1n) is 6.95. The Labute approximate surface area is 128 Å². The van der Waals surface area contributed by atoms with Gasteiger partial charge in [-0.2, -0.15) is 4.31 Å². The van der Waals surface area contributed by atoms with Crippen LogP contribution < -0.4 is 4.74 Å². The van der Waals surface area contributed by atoms with Crippen LogP contribution >= 0.6 is 0 Å². The maximum atomic E-state index is 12.8. The molecule has 0 saturated carbocycles. The van der Waals surface area contributed by atoms with Crippen molar-refractivity contribution in [2.45, 2.75) is 17.7 Å². The predicted octanol–water partition coefficient (Wildman–Crippen LogP) is 2.80. The number of pyridine rings is 1. The van der Waals surface area contributed by atoms with Crippen molar-refractivity contribution in [3.63, 3.8) is 0 Å². The van der Waals surface area contributed by atoms with Gasteiger partial charge in [0.2, 0.25) is 15.9 Å². The van der Waals surface area contributed by atoms with E-state index >= 15 is 0 Å². The molecule has 0 radical (unpaired) electrons. The van der Waals surface area contributed by atoms with Crippen molar-refractivity contribution in [1.29, 1.82) is 0 Å². The van der Waals surface area contributed by atoms with Crippen molar-refractivity contribution in [3.05, 3.63) is 48.4 Å². The van der Waals surface area contributed by atoms with Gasteiger partial charge in [0.05, 0.1) is 6.20 Å². The molecule has 0 N–H and O–H groups in total. The summed E-state index contributed by atoms with van der Waals surface area (Å²) >= 11 is 0. The summed E-state index contributed by atoms with van der Waals surface area (Å²) in [7, 11) is -3.47. The summed E-state index contributed by atoms with van der Waals surface area (Å²) in [4.78, 5) is 4.17. The van der Waals surface area contributed by atoms with E-state index in [1.54, 1.807) is 0 Å². The van der Waals surface area contributed by atoms with E-state index in [0.29, 0.717) is 18.8 Å². The minimum Gasteiger partial charge on any atom is -0.439 e. The van der Waals surface area contributed by atoms with Gasteiger partial charge in [-0.05, 0) is 43.2 Å². The molecule has 5 nitrogen and oxygen atoms in total. The van der Waals surface area contributed by atoms with Gasteiger partial charge < -0.3 is 4.74 Å². The second-order valence-electron chi connectivity index (χ2n) is 5.00. The Kier molecular flexibility index (Phi) is 4.08. The molecule has 1 aliphatic heterocycles. The topological polar surface area (TPSA) is 59.5 Å². The number of halogens is 1. The van der Waals surface area contributed by atoms with Crippen LogP contribution in [0.15, 0.2) is 47.5 Å². The summed E-state index contributed by atoms with van der Waals surface area (Å²) in [5, 5.41) is 0. The fourth-order valence-corrected chi connectivity index (χ4v) is 3.74. The lowest BCUT2D eigenvalue weighted by Crippen LogP contribution is -2.27. The minimum absolute atomic E-state index is 0.154. The largest absolute Gasteiger partial charge is 0.439 e. The third kappa shape index (κ3) is 3.10. The Morgan fingerprint density at radius 3 is 2.32 bits per heavy atom. The van der Waals surface area contributed by atoms with Crippen LogP contribution in [0.5, 0.6) is 11.6 Å². The molecule has 7 heteroatoms. The zero-order valence-electron chi connectivity index (χ0n) is 11.8. The molecule has 1 aromatic heterocycles. The van der Waals surface area contributed by atoms with E-state index in [0.717, 1.165) is 12.8 Å². The monoisotopic (exact) mass is 322 g/mol. The first-order valence-corrected chi connectivity index (χ1v) is 8.39. The Balaban J connectivity index is 1.76. The number of aromatic nitrogens is 1. The molecule has 2 heterocycles. The van der Waals surface area contributed by atoms with E-state index in [1.165, 1.54) is 46.9 Å². The predicted molar refractivity (Wildman–Crippen MR) is 78.7 cm³/mol. The molecule has 1 saturated heterocycles. The van der Waals surface area contributed by atoms with Crippen molar-refractivity contribution in [2.75, 3.05) is 13.1 Å². The highest BCUT2D eigenvalue weighted by molar-refractivity contribution is 7.89. The van der Waals surface area contributed by atoms with Gasteiger partial charge in [0.15, 0.2) is 0 Å². The smallest absolute Gasteiger partial charge is 0.244 e. The average molecular weight is 322 g/mol. The van der Waals surface area contributed by atoms with E-state index in [-0.39, 0.29) is 16.6 Å². The lowest BCUT2D eigenvalue weighted by atomic mass is 10.3. The number of hydrogen-bond donors (Lipinski definition) is 0. The normalized spacial score (nSPS) is 15.9. The van der Waals surface area contributed by atoms with Crippen LogP contribution in [0.3, 0.4) is 0 Å². The summed E-state index contributed by atoms with van der Waals surface area (Å²) in [6.07, 6.45) is 3.06. The summed E-state index contributed by atoms with van der Waals surface area (Å²) in [6.45, 7) is 1.10. The van der Waals surface area contributed by atoms with Crippen LogP contribution in [0.2, 0.25) is 0 Å². The SMILES string of the molecule is O=S(=O)(c1ccc(Oc2ccc(F)cc2)nc1)N1CCCC1. The Morgan fingerprint density at radius 2 is 1.73 bits per heavy atom. The van der Waals surface area contributed by atoms with Gasteiger partial charge in [-0.3, -0.25) is 0 Å². The van der Waals surface area contributed by atoms with Gasteiger partial charge in [0.1, 0.15) is 16.5 Å². The summed E-state index contributed by atoms with van der Waals surface area (Å²) in [6, 6.07) is 8.48. The zero-order valence-corrected chi connectivity index (χ0v) is 12.6. The van der Waals surface area contributed by atoms with E-state index in [1.807, 2.05) is 0 Å². The van der Waals surface area contributed by atoms with Crippen molar-refractivity contribution >= 4 is 10.0 Å². The Bertz CT molecular complexity index is 739. The highest BCUT2D eigenvalue weighted by Crippen LogP contribution is 2.23. The van der Waals surface area contributed by atoms with Crippen LogP contribution in [0, 0.1) is 5.82 Å². The van der Waals surface area contributed by atoms with E-state index < -0.39 is 10.0 Å². The summed E-state index contributed by atoms with van der Waals surface area (Å²) < 4.78 is 44.4. The van der Waals surface area contributed by atoms with Crippen molar-refractivity contribution in [1.82, 2.24) is 9.29 Å². The average Bonchev–Trinajstić information content (AvgIpc) is 3.05. The summed E-state index contributed by atoms with van der Waals surface area (Å²) in [5.74, 6) is 0.336. The van der Waals surface area contributed by atoms with Gasteiger partial charge in [-0.1, -0.05) is 0 Å². The van der Waals surface area contributed by atoms with Gasteiger partial charge in [-0.15, -0.1) is 0 Å². The van der Waals surface area contributed by atoms with Gasteiger partial charge in [0.25, 0.3) is 0 Å². The van der Waals surface area contributed by atoms with Gasteiger partial charge in [0, 0.05) is 19.2 Å². The number of rotatable bonds is 4. The van der Waals surface area contributed by atoms with Crippen molar-refractivity contribution in [3.8, 4) is 11.6 Å². The molecule has 0 atom stereocenters. The minimum atomic E-state index is -3.47. The van der Waals surface area contributed by atoms with Crippen LogP contribution in [-0.4, -0.2) is 30.8 Å². The Morgan fingerprint density at radius 1 is 1.05 bits per heavy atom. The van der Waals surface area contributed by atoms with Crippen LogP contribution in [0.1, 0.15) is 12.8 Å². The highest BCUT2D eigenvalue weighted by atomic mass is 32.2. The first kappa shape index (κ1) is 14.9. The highest BCUT2D eigenvalue weighted by Gasteiger charge is 2.27. The fraction of sp³-hybridized carbons (Fsp3) is 0.267. The van der Waals surface area contributed by atoms with Crippen LogP contribution in [0.4, 0.5) is 4.39 Å². The number of ether oxygens (including phenoxy) is 1. The molecular weight excluding hydrogens is 307 g/mol. The quantitative estimate of drug-likeness (QED) is 0.868. The van der Waals surface area contributed by atoms with E-state index in [2.05, 4.69) is 4.98 Å². The molecule has 2 aromatic rings. The number of hydrogen-bond acceptors (Lipinski definition) is 4. The van der Waals surface area contributed by atoms with Crippen LogP contribution in [-0.2, 0) is 10.0 Å². The molecule has 0 unspecified atom stereocenters. The molecule has 3 rings (SSSR count). The second-order valence-corrected chi connectivity index (χ2v) is 6.94. The molecule has 1 aromatic carbocycles. The van der Waals surface area contributed by atoms with Gasteiger partial charge in [-0.25, -0.2) is 17.8 Å². The molecule has 116 valence electrons. The molecular formula is C15H15FN2O3S. The number of benzene rings is 1. The standard InChI is InChI=1S/C15H15FN2O3S/c16-12-3-5-13(6-4-12)21-15-8-7-14(11-17-15)22(19,20)18-9-1-2-10-18/h3-8,11H,1-2,9-10H2. The molecule has 1 aliphatic rings. The second kappa shape index (κ2) is 6.02. The maximum Gasteiger partial charge on any atom is 0.244 e. The lowest BCUT2D eigenvalue weighted by molar-refractivity contribution is 0.458. The fourth-order valence-electron chi connectivity index (χ4n) is 2.28. The molecule has 0 aliphatic carbocycles. The van der Waals surface area contributed by atoms with Crippen molar-refractivity contribution < 1.29 is 17.5 Å². The zero-order chi connectivity index (χ0) is 15.6. The third-order valence-electron chi connectivity index (χ3n) is 3.45. The van der Waals surface area contributed by atoms with Crippen molar-refractivity contribution in [2.24, 2.45) is 0 Å². The molecule has 1 fully saturated rings. The molecule has 0 spiro atoms. The number of nitrogens with zero attached hydrogens (tertiary/aromatic N) is 2. The lowest BCUT2D eigenvalue weighted by Gasteiger charge is -2.15. The third-order valence-corrected chi connectivity index (χ3v) is 5.33. The summed E-state index contributed by atoms with van der Waals surface area (Å²) in [5.41, 5.74) is 0. The molecule has 0 bridgehead atoms. The Hall–Kier alpha value is -1.99. The molecule has 22 heavy (non-hydrogen) atoms.